The summed E-state index contributed by atoms with van der Waals surface area (Å²) in [5, 5.41) is 0. The molecule has 136 valence electrons. The van der Waals surface area contributed by atoms with E-state index in [1.807, 2.05) is 34.2 Å². The topological polar surface area (TPSA) is 17.6 Å². The lowest BCUT2D eigenvalue weighted by atomic mass is 10.3. The second kappa shape index (κ2) is 15.0. The number of aryl methyl sites for hydroxylation is 2. The summed E-state index contributed by atoms with van der Waals surface area (Å²) in [7, 11) is 0. The van der Waals surface area contributed by atoms with Crippen LogP contribution in [0.25, 0.3) is 12.4 Å². The van der Waals surface area contributed by atoms with E-state index in [4.69, 9.17) is 0 Å². The van der Waals surface area contributed by atoms with Gasteiger partial charge in [-0.2, -0.15) is 0 Å². The minimum atomic E-state index is 0. The highest BCUT2D eigenvalue weighted by atomic mass is 35.5. The lowest BCUT2D eigenvalue weighted by Crippen LogP contribution is -3.00. The molecule has 0 amide bonds. The molecule has 0 atom stereocenters. The van der Waals surface area contributed by atoms with Crippen LogP contribution in [0.4, 0.5) is 0 Å². The van der Waals surface area contributed by atoms with Crippen molar-refractivity contribution in [3.8, 4) is 0 Å². The van der Waals surface area contributed by atoms with Crippen molar-refractivity contribution >= 4 is 12.4 Å². The summed E-state index contributed by atoms with van der Waals surface area (Å²) in [6.07, 6.45) is 20.8. The minimum Gasteiger partial charge on any atom is -1.00 e. The zero-order valence-corrected chi connectivity index (χ0v) is 16.3. The third kappa shape index (κ3) is 9.58. The Morgan fingerprint density at radius 3 is 1.42 bits per heavy atom. The number of rotatable bonds is 8. The predicted octanol–water partition coefficient (Wildman–Crippen LogP) is -2.64. The first-order valence-corrected chi connectivity index (χ1v) is 8.11. The van der Waals surface area contributed by atoms with Gasteiger partial charge in [-0.1, -0.05) is 39.8 Å². The summed E-state index contributed by atoms with van der Waals surface area (Å²) in [4.78, 5) is 0. The van der Waals surface area contributed by atoms with Gasteiger partial charge in [0.15, 0.2) is 0 Å². The molecule has 0 aliphatic rings. The van der Waals surface area contributed by atoms with Crippen LogP contribution in [0.3, 0.4) is 0 Å². The van der Waals surface area contributed by atoms with Gasteiger partial charge in [0.1, 0.15) is 24.8 Å². The molecule has 0 unspecified atom stereocenters. The molecule has 0 fully saturated rings. The molecule has 6 heteroatoms. The molecule has 2 rings (SSSR count). The van der Waals surface area contributed by atoms with Gasteiger partial charge in [-0.05, 0) is 12.8 Å². The van der Waals surface area contributed by atoms with Crippen LogP contribution in [0.2, 0.25) is 0 Å². The van der Waals surface area contributed by atoms with Gasteiger partial charge in [0, 0.05) is 0 Å². The fourth-order valence-corrected chi connectivity index (χ4v) is 1.98. The van der Waals surface area contributed by atoms with Crippen molar-refractivity contribution in [1.82, 2.24) is 9.13 Å². The van der Waals surface area contributed by atoms with E-state index in [0.717, 1.165) is 13.1 Å². The van der Waals surface area contributed by atoms with Crippen LogP contribution in [-0.4, -0.2) is 9.13 Å². The highest BCUT2D eigenvalue weighted by Crippen LogP contribution is 1.89. The van der Waals surface area contributed by atoms with Gasteiger partial charge in [-0.25, -0.2) is 18.3 Å². The molecule has 0 aliphatic carbocycles. The molecule has 2 aromatic rings. The largest absolute Gasteiger partial charge is 1.00 e. The van der Waals surface area contributed by atoms with Crippen LogP contribution in [0.15, 0.2) is 50.6 Å². The van der Waals surface area contributed by atoms with Crippen molar-refractivity contribution in [3.05, 3.63) is 50.6 Å². The van der Waals surface area contributed by atoms with Crippen LogP contribution in [0.5, 0.6) is 0 Å². The molecule has 0 radical (unpaired) electrons. The number of hydrogen-bond donors (Lipinski definition) is 0. The molecule has 0 N–H and O–H groups in total. The summed E-state index contributed by atoms with van der Waals surface area (Å²) in [6.45, 7) is 14.0. The SMILES string of the molecule is C=Cn1cc[n+](CCCC)c1.C=Cn1cc[n+](CCCC)c1.[Cl-].[Cl-]. The van der Waals surface area contributed by atoms with Crippen molar-refractivity contribution in [2.45, 2.75) is 52.6 Å². The Bertz CT molecular complexity index is 511. The maximum absolute atomic E-state index is 3.67. The highest BCUT2D eigenvalue weighted by molar-refractivity contribution is 5.13. The first-order chi connectivity index (χ1) is 10.7. The standard InChI is InChI=1S/2C9H15N2.2ClH/c2*1-3-5-6-11-8-7-10(4-2)9-11;;/h2*4,7-9H,2-3,5-6H2,1H3;2*1H/q2*+1;;/p-2. The Kier molecular flexibility index (Phi) is 15.5. The average Bonchev–Trinajstić information content (AvgIpc) is 3.20. The maximum Gasteiger partial charge on any atom is 0.248 e. The fourth-order valence-electron chi connectivity index (χ4n) is 1.98. The molecular formula is C18H30Cl2N4. The minimum absolute atomic E-state index is 0. The Morgan fingerprint density at radius 1 is 0.792 bits per heavy atom. The number of nitrogens with zero attached hydrogens (tertiary/aromatic N) is 4. The van der Waals surface area contributed by atoms with E-state index in [1.165, 1.54) is 25.7 Å². The van der Waals surface area contributed by atoms with E-state index in [1.54, 1.807) is 12.4 Å². The van der Waals surface area contributed by atoms with Crippen molar-refractivity contribution in [1.29, 1.82) is 0 Å². The van der Waals surface area contributed by atoms with E-state index >= 15 is 0 Å². The molecule has 2 aromatic heterocycles. The quantitative estimate of drug-likeness (QED) is 0.451. The second-order valence-corrected chi connectivity index (χ2v) is 5.27. The molecule has 0 aliphatic heterocycles. The van der Waals surface area contributed by atoms with Crippen molar-refractivity contribution in [2.75, 3.05) is 0 Å². The van der Waals surface area contributed by atoms with Gasteiger partial charge in [-0.15, -0.1) is 0 Å². The summed E-state index contributed by atoms with van der Waals surface area (Å²) < 4.78 is 8.25. The number of aromatic nitrogens is 4. The van der Waals surface area contributed by atoms with Gasteiger partial charge < -0.3 is 24.8 Å². The summed E-state index contributed by atoms with van der Waals surface area (Å²) >= 11 is 0. The third-order valence-corrected chi connectivity index (χ3v) is 3.39. The Labute approximate surface area is 158 Å². The van der Waals surface area contributed by atoms with Gasteiger partial charge in [0.25, 0.3) is 0 Å². The van der Waals surface area contributed by atoms with E-state index < -0.39 is 0 Å². The van der Waals surface area contributed by atoms with Crippen LogP contribution in [0, 0.1) is 0 Å². The van der Waals surface area contributed by atoms with E-state index in [2.05, 4.69) is 48.5 Å². The van der Waals surface area contributed by atoms with E-state index in [-0.39, 0.29) is 24.8 Å². The molecule has 24 heavy (non-hydrogen) atoms. The maximum atomic E-state index is 3.67. The van der Waals surface area contributed by atoms with Crippen LogP contribution < -0.4 is 33.9 Å². The molecule has 2 heterocycles. The highest BCUT2D eigenvalue weighted by Gasteiger charge is 1.98. The Morgan fingerprint density at radius 2 is 1.17 bits per heavy atom. The van der Waals surface area contributed by atoms with Crippen molar-refractivity contribution in [3.63, 3.8) is 0 Å². The van der Waals surface area contributed by atoms with Crippen LogP contribution in [-0.2, 0) is 13.1 Å². The van der Waals surface area contributed by atoms with E-state index in [0.29, 0.717) is 0 Å². The number of halogens is 2. The predicted molar refractivity (Wildman–Crippen MR) is 91.8 cm³/mol. The Balaban J connectivity index is 0. The zero-order valence-electron chi connectivity index (χ0n) is 14.8. The summed E-state index contributed by atoms with van der Waals surface area (Å²) in [6, 6.07) is 0. The molecule has 0 spiro atoms. The summed E-state index contributed by atoms with van der Waals surface area (Å²) in [5.41, 5.74) is 0. The number of imidazole rings is 2. The van der Waals surface area contributed by atoms with E-state index in [9.17, 15) is 0 Å². The first-order valence-electron chi connectivity index (χ1n) is 8.11. The van der Waals surface area contributed by atoms with Gasteiger partial charge in [0.05, 0.1) is 25.5 Å². The monoisotopic (exact) mass is 372 g/mol. The second-order valence-electron chi connectivity index (χ2n) is 5.27. The lowest BCUT2D eigenvalue weighted by Gasteiger charge is -1.90. The first kappa shape index (κ1) is 24.7. The normalized spacial score (nSPS) is 9.08. The van der Waals surface area contributed by atoms with Crippen LogP contribution in [0.1, 0.15) is 39.5 Å². The molecule has 0 bridgehead atoms. The Hall–Kier alpha value is -1.52. The van der Waals surface area contributed by atoms with Crippen molar-refractivity contribution < 1.29 is 33.9 Å². The number of unbranched alkanes of at least 4 members (excludes halogenated alkanes) is 2. The van der Waals surface area contributed by atoms with Gasteiger partial charge in [-0.3, -0.25) is 0 Å². The third-order valence-electron chi connectivity index (χ3n) is 3.39. The zero-order chi connectivity index (χ0) is 16.2. The lowest BCUT2D eigenvalue weighted by molar-refractivity contribution is -0.696. The van der Waals surface area contributed by atoms with Gasteiger partial charge in [0.2, 0.25) is 12.7 Å². The molecule has 0 saturated carbocycles. The van der Waals surface area contributed by atoms with Crippen LogP contribution >= 0.6 is 0 Å². The fraction of sp³-hybridized carbons (Fsp3) is 0.444. The summed E-state index contributed by atoms with van der Waals surface area (Å²) in [5.74, 6) is 0. The van der Waals surface area contributed by atoms with Gasteiger partial charge >= 0.3 is 0 Å². The molecular weight excluding hydrogens is 343 g/mol. The average molecular weight is 373 g/mol. The number of hydrogen-bond acceptors (Lipinski definition) is 0. The smallest absolute Gasteiger partial charge is 0.248 e. The van der Waals surface area contributed by atoms with Crippen molar-refractivity contribution in [2.24, 2.45) is 0 Å². The molecule has 0 aromatic carbocycles. The molecule has 0 saturated heterocycles. The molecule has 4 nitrogen and oxygen atoms in total.